The first kappa shape index (κ1) is 20.5. The fourth-order valence-electron chi connectivity index (χ4n) is 4.27. The molecule has 0 saturated heterocycles. The van der Waals surface area contributed by atoms with Crippen LogP contribution in [0.3, 0.4) is 0 Å². The maximum atomic E-state index is 13.2. The number of nitrogens with zero attached hydrogens (tertiary/aromatic N) is 2. The smallest absolute Gasteiger partial charge is 0.252 e. The van der Waals surface area contributed by atoms with Crippen molar-refractivity contribution in [2.75, 3.05) is 6.61 Å². The largest absolute Gasteiger partial charge is 0.491 e. The van der Waals surface area contributed by atoms with E-state index < -0.39 is 5.54 Å². The number of nitrogens with one attached hydrogen (secondary N) is 1. The van der Waals surface area contributed by atoms with Gasteiger partial charge in [-0.25, -0.2) is 4.85 Å². The van der Waals surface area contributed by atoms with Gasteiger partial charge in [0, 0.05) is 18.2 Å². The molecule has 1 amide bonds. The van der Waals surface area contributed by atoms with E-state index in [9.17, 15) is 4.79 Å². The van der Waals surface area contributed by atoms with Crippen LogP contribution in [-0.4, -0.2) is 17.5 Å². The second kappa shape index (κ2) is 8.60. The third kappa shape index (κ3) is 3.83. The summed E-state index contributed by atoms with van der Waals surface area (Å²) in [7, 11) is 0. The Labute approximate surface area is 192 Å². The Morgan fingerprint density at radius 2 is 1.61 bits per heavy atom. The highest BCUT2D eigenvalue weighted by molar-refractivity contribution is 5.95. The quantitative estimate of drug-likeness (QED) is 0.418. The Bertz CT molecular complexity index is 1330. The van der Waals surface area contributed by atoms with Gasteiger partial charge in [-0.05, 0) is 41.0 Å². The molecule has 1 aromatic heterocycles. The van der Waals surface area contributed by atoms with E-state index in [0.717, 1.165) is 16.7 Å². The minimum Gasteiger partial charge on any atom is -0.491 e. The molecule has 4 aromatic rings. The summed E-state index contributed by atoms with van der Waals surface area (Å²) in [4.78, 5) is 21.3. The van der Waals surface area contributed by atoms with E-state index in [2.05, 4.69) is 15.1 Å². The van der Waals surface area contributed by atoms with Crippen LogP contribution < -0.4 is 10.1 Å². The number of ether oxygens (including phenoxy) is 1. The van der Waals surface area contributed by atoms with Gasteiger partial charge >= 0.3 is 0 Å². The number of carbonyl (C=O) groups excluding carboxylic acids is 1. The summed E-state index contributed by atoms with van der Waals surface area (Å²) in [6, 6.07) is 28.6. The second-order valence-corrected chi connectivity index (χ2v) is 7.91. The lowest BCUT2D eigenvalue weighted by Gasteiger charge is -2.39. The van der Waals surface area contributed by atoms with E-state index >= 15 is 0 Å². The number of benzene rings is 3. The van der Waals surface area contributed by atoms with Gasteiger partial charge in [-0.1, -0.05) is 66.7 Å². The first-order valence-electron chi connectivity index (χ1n) is 10.7. The number of fused-ring (bicyclic) bond motifs is 1. The molecule has 1 aliphatic heterocycles. The molecule has 5 nitrogen and oxygen atoms in total. The summed E-state index contributed by atoms with van der Waals surface area (Å²) in [5, 5.41) is 3.28. The van der Waals surface area contributed by atoms with Crippen molar-refractivity contribution in [3.8, 4) is 16.9 Å². The normalized spacial score (nSPS) is 16.7. The fourth-order valence-corrected chi connectivity index (χ4v) is 4.27. The molecule has 2 heterocycles. The monoisotopic (exact) mass is 431 g/mol. The molecule has 33 heavy (non-hydrogen) atoms. The van der Waals surface area contributed by atoms with Crippen LogP contribution in [-0.2, 0) is 5.54 Å². The summed E-state index contributed by atoms with van der Waals surface area (Å²) in [5.41, 5.74) is 4.11. The predicted octanol–water partition coefficient (Wildman–Crippen LogP) is 5.76. The molecule has 0 radical (unpaired) electrons. The summed E-state index contributed by atoms with van der Waals surface area (Å²) < 4.78 is 5.86. The van der Waals surface area contributed by atoms with Crippen molar-refractivity contribution in [3.63, 3.8) is 0 Å². The van der Waals surface area contributed by atoms with Gasteiger partial charge in [-0.3, -0.25) is 9.78 Å². The van der Waals surface area contributed by atoms with Crippen molar-refractivity contribution < 1.29 is 9.53 Å². The Hall–Kier alpha value is -4.43. The summed E-state index contributed by atoms with van der Waals surface area (Å²) >= 11 is 0. The van der Waals surface area contributed by atoms with Crippen LogP contribution in [0.1, 0.15) is 28.0 Å². The Morgan fingerprint density at radius 3 is 2.30 bits per heavy atom. The summed E-state index contributed by atoms with van der Waals surface area (Å²) in [6.07, 6.45) is 2.29. The average molecular weight is 431 g/mol. The van der Waals surface area contributed by atoms with Crippen molar-refractivity contribution in [2.45, 2.75) is 12.0 Å². The van der Waals surface area contributed by atoms with Crippen molar-refractivity contribution >= 4 is 11.6 Å². The van der Waals surface area contributed by atoms with Gasteiger partial charge in [0.05, 0.1) is 13.2 Å². The molecule has 0 spiro atoms. The van der Waals surface area contributed by atoms with Gasteiger partial charge in [0.1, 0.15) is 17.0 Å². The standard InChI is InChI=1S/C28H21N3O2/c1-29-24-15-11-21(12-16-24)20-9-13-23(14-10-20)28(31-27(32)22-6-3-2-4-7-22)17-19-33-25-8-5-18-30-26(25)28/h2-16,18H,17,19H2,(H,31,32)/t28-/m0/s1. The molecule has 1 aliphatic rings. The second-order valence-electron chi connectivity index (χ2n) is 7.91. The molecule has 0 saturated carbocycles. The molecule has 5 heteroatoms. The highest BCUT2D eigenvalue weighted by Gasteiger charge is 2.42. The maximum absolute atomic E-state index is 13.2. The Balaban J connectivity index is 1.57. The zero-order chi connectivity index (χ0) is 22.7. The molecule has 0 aliphatic carbocycles. The van der Waals surface area contributed by atoms with Crippen molar-refractivity contribution in [1.82, 2.24) is 10.3 Å². The lowest BCUT2D eigenvalue weighted by Crippen LogP contribution is -2.50. The van der Waals surface area contributed by atoms with Crippen LogP contribution in [0.15, 0.2) is 97.2 Å². The van der Waals surface area contributed by atoms with E-state index in [0.29, 0.717) is 35.7 Å². The fraction of sp³-hybridized carbons (Fsp3) is 0.107. The van der Waals surface area contributed by atoms with Gasteiger partial charge in [0.25, 0.3) is 5.91 Å². The van der Waals surface area contributed by atoms with Crippen LogP contribution in [0.4, 0.5) is 5.69 Å². The number of pyridine rings is 1. The number of rotatable bonds is 4. The van der Waals surface area contributed by atoms with E-state index in [4.69, 9.17) is 11.3 Å². The molecule has 0 fully saturated rings. The zero-order valence-corrected chi connectivity index (χ0v) is 17.9. The molecular weight excluding hydrogens is 410 g/mol. The van der Waals surface area contributed by atoms with E-state index in [-0.39, 0.29) is 5.91 Å². The maximum Gasteiger partial charge on any atom is 0.252 e. The first-order valence-corrected chi connectivity index (χ1v) is 10.7. The van der Waals surface area contributed by atoms with E-state index in [1.165, 1.54) is 0 Å². The predicted molar refractivity (Wildman–Crippen MR) is 127 cm³/mol. The molecule has 160 valence electrons. The third-order valence-electron chi connectivity index (χ3n) is 5.98. The van der Waals surface area contributed by atoms with Gasteiger partial charge in [-0.2, -0.15) is 0 Å². The number of carbonyl (C=O) groups is 1. The first-order chi connectivity index (χ1) is 16.2. The molecule has 5 rings (SSSR count). The molecule has 0 unspecified atom stereocenters. The van der Waals surface area contributed by atoms with Crippen LogP contribution in [0.25, 0.3) is 16.0 Å². The number of amides is 1. The topological polar surface area (TPSA) is 55.6 Å². The van der Waals surface area contributed by atoms with Crippen LogP contribution in [0.5, 0.6) is 5.75 Å². The minimum absolute atomic E-state index is 0.159. The Morgan fingerprint density at radius 1 is 0.909 bits per heavy atom. The summed E-state index contributed by atoms with van der Waals surface area (Å²) in [5.74, 6) is 0.517. The van der Waals surface area contributed by atoms with Crippen molar-refractivity contribution in [2.24, 2.45) is 0 Å². The van der Waals surface area contributed by atoms with Crippen LogP contribution in [0, 0.1) is 6.57 Å². The number of aromatic nitrogens is 1. The third-order valence-corrected chi connectivity index (χ3v) is 5.98. The van der Waals surface area contributed by atoms with Gasteiger partial charge in [0.2, 0.25) is 0 Å². The summed E-state index contributed by atoms with van der Waals surface area (Å²) in [6.45, 7) is 7.60. The molecule has 1 N–H and O–H groups in total. The van der Waals surface area contributed by atoms with Gasteiger partial charge in [0.15, 0.2) is 5.69 Å². The lowest BCUT2D eigenvalue weighted by molar-refractivity contribution is 0.0883. The average Bonchev–Trinajstić information content (AvgIpc) is 2.89. The zero-order valence-electron chi connectivity index (χ0n) is 17.9. The number of hydrogen-bond donors (Lipinski definition) is 1. The minimum atomic E-state index is -0.811. The van der Waals surface area contributed by atoms with E-state index in [1.807, 2.05) is 78.9 Å². The highest BCUT2D eigenvalue weighted by Crippen LogP contribution is 2.41. The molecule has 1 atom stereocenters. The molecular formula is C28H21N3O2. The van der Waals surface area contributed by atoms with Crippen molar-refractivity contribution in [3.05, 3.63) is 125 Å². The molecule has 3 aromatic carbocycles. The van der Waals surface area contributed by atoms with Gasteiger partial charge < -0.3 is 10.1 Å². The molecule has 0 bridgehead atoms. The lowest BCUT2D eigenvalue weighted by atomic mass is 9.80. The van der Waals surface area contributed by atoms with Crippen LogP contribution >= 0.6 is 0 Å². The Kier molecular flexibility index (Phi) is 5.34. The number of hydrogen-bond acceptors (Lipinski definition) is 3. The van der Waals surface area contributed by atoms with Crippen LogP contribution in [0.2, 0.25) is 0 Å². The van der Waals surface area contributed by atoms with Gasteiger partial charge in [-0.15, -0.1) is 0 Å². The highest BCUT2D eigenvalue weighted by atomic mass is 16.5. The van der Waals surface area contributed by atoms with Crippen molar-refractivity contribution in [1.29, 1.82) is 0 Å². The van der Waals surface area contributed by atoms with E-state index in [1.54, 1.807) is 18.3 Å². The SMILES string of the molecule is [C-]#[N+]c1ccc(-c2ccc([C@@]3(NC(=O)c4ccccc4)CCOc4cccnc43)cc2)cc1.